The van der Waals surface area contributed by atoms with E-state index in [1.807, 2.05) is 0 Å². The first kappa shape index (κ1) is 14.8. The fourth-order valence-corrected chi connectivity index (χ4v) is 3.10. The van der Waals surface area contributed by atoms with Crippen molar-refractivity contribution in [3.8, 4) is 5.75 Å². The highest BCUT2D eigenvalue weighted by Crippen LogP contribution is 2.25. The zero-order valence-corrected chi connectivity index (χ0v) is 12.3. The molecule has 0 atom stereocenters. The summed E-state index contributed by atoms with van der Waals surface area (Å²) in [6.07, 6.45) is 2.04. The first-order chi connectivity index (χ1) is 9.27. The van der Waals surface area contributed by atoms with Gasteiger partial charge in [0.1, 0.15) is 5.75 Å². The highest BCUT2D eigenvalue weighted by atomic mass is 32.2. The highest BCUT2D eigenvalue weighted by Gasteiger charge is 2.23. The van der Waals surface area contributed by atoms with Crippen molar-refractivity contribution in [3.05, 3.63) is 23.3 Å². The molecule has 0 saturated heterocycles. The standard InChI is InChI=1S/C13H18N2O4S/c1-8-5-11(6-9(2)13(8)20(14,17)18)19-7-12(16)15-10-3-4-10/h5-6,10H,3-4,7H2,1-2H3,(H,15,16)(H2,14,17,18). The number of nitrogens with two attached hydrogens (primary N) is 1. The monoisotopic (exact) mass is 298 g/mol. The molecular weight excluding hydrogens is 280 g/mol. The fourth-order valence-electron chi connectivity index (χ4n) is 2.09. The van der Waals surface area contributed by atoms with Gasteiger partial charge in [-0.3, -0.25) is 4.79 Å². The number of ether oxygens (including phenoxy) is 1. The number of carbonyl (C=O) groups is 1. The summed E-state index contributed by atoms with van der Waals surface area (Å²) in [5.74, 6) is 0.289. The number of carbonyl (C=O) groups excluding carboxylic acids is 1. The number of hydrogen-bond acceptors (Lipinski definition) is 4. The molecule has 1 aromatic carbocycles. The summed E-state index contributed by atoms with van der Waals surface area (Å²) in [5, 5.41) is 7.97. The Kier molecular flexibility index (Phi) is 4.01. The molecule has 1 saturated carbocycles. The Morgan fingerprint density at radius 2 is 1.90 bits per heavy atom. The Morgan fingerprint density at radius 3 is 2.35 bits per heavy atom. The van der Waals surface area contributed by atoms with Gasteiger partial charge in [0.2, 0.25) is 10.0 Å². The number of rotatable bonds is 5. The van der Waals surface area contributed by atoms with Crippen molar-refractivity contribution >= 4 is 15.9 Å². The molecule has 7 heteroatoms. The van der Waals surface area contributed by atoms with E-state index in [-0.39, 0.29) is 17.4 Å². The molecule has 0 unspecified atom stereocenters. The predicted octanol–water partition coefficient (Wildman–Crippen LogP) is 0.608. The Balaban J connectivity index is 2.08. The van der Waals surface area contributed by atoms with Crippen LogP contribution in [0.1, 0.15) is 24.0 Å². The minimum atomic E-state index is -3.75. The van der Waals surface area contributed by atoms with Crippen molar-refractivity contribution in [3.63, 3.8) is 0 Å². The lowest BCUT2D eigenvalue weighted by atomic mass is 10.1. The van der Waals surface area contributed by atoms with Gasteiger partial charge in [-0.15, -0.1) is 0 Å². The number of sulfonamides is 1. The van der Waals surface area contributed by atoms with Crippen LogP contribution >= 0.6 is 0 Å². The summed E-state index contributed by atoms with van der Waals surface area (Å²) in [5.41, 5.74) is 1.01. The van der Waals surface area contributed by atoms with Crippen molar-refractivity contribution in [1.29, 1.82) is 0 Å². The molecule has 1 amide bonds. The molecule has 0 bridgehead atoms. The molecule has 0 spiro atoms. The van der Waals surface area contributed by atoms with Crippen LogP contribution in [0.2, 0.25) is 0 Å². The molecule has 3 N–H and O–H groups in total. The molecule has 0 radical (unpaired) electrons. The second-order valence-corrected chi connectivity index (χ2v) is 6.56. The maximum atomic E-state index is 11.5. The summed E-state index contributed by atoms with van der Waals surface area (Å²) in [7, 11) is -3.75. The number of aryl methyl sites for hydroxylation is 2. The largest absolute Gasteiger partial charge is 0.484 e. The molecular formula is C13H18N2O4S. The molecule has 0 aromatic heterocycles. The second-order valence-electron chi connectivity index (χ2n) is 5.06. The Labute approximate surface area is 118 Å². The summed E-state index contributed by atoms with van der Waals surface area (Å²) in [4.78, 5) is 11.6. The average molecular weight is 298 g/mol. The number of primary sulfonamides is 1. The topological polar surface area (TPSA) is 98.5 Å². The summed E-state index contributed by atoms with van der Waals surface area (Å²) in [6, 6.07) is 3.42. The summed E-state index contributed by atoms with van der Waals surface area (Å²) in [6.45, 7) is 3.21. The van der Waals surface area contributed by atoms with Crippen molar-refractivity contribution in [2.75, 3.05) is 6.61 Å². The normalized spacial score (nSPS) is 14.9. The number of benzene rings is 1. The van der Waals surface area contributed by atoms with Crippen molar-refractivity contribution in [1.82, 2.24) is 5.32 Å². The van der Waals surface area contributed by atoms with E-state index in [4.69, 9.17) is 9.88 Å². The third-order valence-electron chi connectivity index (χ3n) is 3.03. The Bertz CT molecular complexity index is 613. The average Bonchev–Trinajstić information content (AvgIpc) is 3.07. The smallest absolute Gasteiger partial charge is 0.258 e. The van der Waals surface area contributed by atoms with Crippen LogP contribution in [0.5, 0.6) is 5.75 Å². The molecule has 1 aliphatic rings. The number of nitrogens with one attached hydrogen (secondary N) is 1. The van der Waals surface area contributed by atoms with Gasteiger partial charge in [-0.25, -0.2) is 13.6 Å². The van der Waals surface area contributed by atoms with Crippen LogP contribution in [0.3, 0.4) is 0 Å². The number of amides is 1. The summed E-state index contributed by atoms with van der Waals surface area (Å²) < 4.78 is 28.3. The van der Waals surface area contributed by atoms with E-state index in [1.54, 1.807) is 26.0 Å². The van der Waals surface area contributed by atoms with Crippen LogP contribution < -0.4 is 15.2 Å². The molecule has 110 valence electrons. The van der Waals surface area contributed by atoms with Crippen LogP contribution in [0, 0.1) is 13.8 Å². The SMILES string of the molecule is Cc1cc(OCC(=O)NC2CC2)cc(C)c1S(N)(=O)=O. The lowest BCUT2D eigenvalue weighted by Gasteiger charge is -2.12. The Hall–Kier alpha value is -1.60. The van der Waals surface area contributed by atoms with E-state index < -0.39 is 10.0 Å². The van der Waals surface area contributed by atoms with Gasteiger partial charge in [-0.1, -0.05) is 0 Å². The molecule has 1 fully saturated rings. The van der Waals surface area contributed by atoms with Gasteiger partial charge in [0.15, 0.2) is 6.61 Å². The van der Waals surface area contributed by atoms with Gasteiger partial charge in [-0.2, -0.15) is 0 Å². The fraction of sp³-hybridized carbons (Fsp3) is 0.462. The first-order valence-corrected chi connectivity index (χ1v) is 7.88. The van der Waals surface area contributed by atoms with E-state index >= 15 is 0 Å². The summed E-state index contributed by atoms with van der Waals surface area (Å²) >= 11 is 0. The quantitative estimate of drug-likeness (QED) is 0.832. The highest BCUT2D eigenvalue weighted by molar-refractivity contribution is 7.89. The van der Waals surface area contributed by atoms with Gasteiger partial charge in [-0.05, 0) is 49.9 Å². The second kappa shape index (κ2) is 5.41. The predicted molar refractivity (Wildman–Crippen MR) is 73.9 cm³/mol. The van der Waals surface area contributed by atoms with E-state index in [9.17, 15) is 13.2 Å². The van der Waals surface area contributed by atoms with Crippen LogP contribution in [-0.4, -0.2) is 27.0 Å². The lowest BCUT2D eigenvalue weighted by Crippen LogP contribution is -2.30. The molecule has 20 heavy (non-hydrogen) atoms. The van der Waals surface area contributed by atoms with E-state index in [2.05, 4.69) is 5.32 Å². The van der Waals surface area contributed by atoms with Crippen molar-refractivity contribution in [2.24, 2.45) is 5.14 Å². The van der Waals surface area contributed by atoms with Crippen LogP contribution in [0.25, 0.3) is 0 Å². The first-order valence-electron chi connectivity index (χ1n) is 6.33. The number of hydrogen-bond donors (Lipinski definition) is 2. The minimum Gasteiger partial charge on any atom is -0.484 e. The van der Waals surface area contributed by atoms with Gasteiger partial charge in [0, 0.05) is 6.04 Å². The Morgan fingerprint density at radius 1 is 1.35 bits per heavy atom. The van der Waals surface area contributed by atoms with Crippen molar-refractivity contribution in [2.45, 2.75) is 37.6 Å². The van der Waals surface area contributed by atoms with Gasteiger partial charge < -0.3 is 10.1 Å². The van der Waals surface area contributed by atoms with Crippen LogP contribution in [0.4, 0.5) is 0 Å². The van der Waals surface area contributed by atoms with E-state index in [0.717, 1.165) is 12.8 Å². The van der Waals surface area contributed by atoms with Gasteiger partial charge >= 0.3 is 0 Å². The third-order valence-corrected chi connectivity index (χ3v) is 4.24. The van der Waals surface area contributed by atoms with Crippen LogP contribution in [-0.2, 0) is 14.8 Å². The molecule has 2 rings (SSSR count). The maximum Gasteiger partial charge on any atom is 0.258 e. The molecule has 1 aliphatic carbocycles. The minimum absolute atomic E-state index is 0.0793. The van der Waals surface area contributed by atoms with E-state index in [0.29, 0.717) is 22.9 Å². The third kappa shape index (κ3) is 3.71. The van der Waals surface area contributed by atoms with Gasteiger partial charge in [0.25, 0.3) is 5.91 Å². The van der Waals surface area contributed by atoms with Gasteiger partial charge in [0.05, 0.1) is 4.90 Å². The zero-order valence-electron chi connectivity index (χ0n) is 11.5. The molecule has 1 aromatic rings. The van der Waals surface area contributed by atoms with Crippen LogP contribution in [0.15, 0.2) is 17.0 Å². The lowest BCUT2D eigenvalue weighted by molar-refractivity contribution is -0.123. The van der Waals surface area contributed by atoms with Crippen molar-refractivity contribution < 1.29 is 17.9 Å². The zero-order chi connectivity index (χ0) is 14.9. The van der Waals surface area contributed by atoms with E-state index in [1.165, 1.54) is 0 Å². The molecule has 6 nitrogen and oxygen atoms in total. The molecule has 0 heterocycles. The molecule has 0 aliphatic heterocycles. The maximum absolute atomic E-state index is 11.5.